The van der Waals surface area contributed by atoms with Gasteiger partial charge in [0.1, 0.15) is 11.6 Å². The van der Waals surface area contributed by atoms with Gasteiger partial charge in [-0.05, 0) is 18.4 Å². The lowest BCUT2D eigenvalue weighted by Crippen LogP contribution is -2.19. The van der Waals surface area contributed by atoms with Crippen LogP contribution in [0.1, 0.15) is 55.3 Å². The molecule has 0 N–H and O–H groups in total. The Labute approximate surface area is 161 Å². The first-order chi connectivity index (χ1) is 13.1. The minimum Gasteiger partial charge on any atom is -0.459 e. The van der Waals surface area contributed by atoms with Crippen molar-refractivity contribution in [3.63, 3.8) is 0 Å². The van der Waals surface area contributed by atoms with Crippen LogP contribution in [0.3, 0.4) is 0 Å². The van der Waals surface area contributed by atoms with Gasteiger partial charge in [-0.1, -0.05) is 61.9 Å². The van der Waals surface area contributed by atoms with E-state index in [9.17, 15) is 9.59 Å². The number of hydrogen-bond acceptors (Lipinski definition) is 6. The van der Waals surface area contributed by atoms with Gasteiger partial charge in [-0.2, -0.15) is 9.61 Å². The van der Waals surface area contributed by atoms with E-state index in [1.807, 2.05) is 37.3 Å². The summed E-state index contributed by atoms with van der Waals surface area (Å²) in [4.78, 5) is 29.7. The molecule has 3 rings (SSSR count). The third-order valence-electron chi connectivity index (χ3n) is 4.34. The summed E-state index contributed by atoms with van der Waals surface area (Å²) < 4.78 is 6.77. The maximum Gasteiger partial charge on any atom is 0.313 e. The van der Waals surface area contributed by atoms with Crippen LogP contribution in [0, 0.1) is 0 Å². The van der Waals surface area contributed by atoms with E-state index in [1.165, 1.54) is 21.9 Å². The van der Waals surface area contributed by atoms with Crippen LogP contribution in [-0.2, 0) is 22.6 Å². The van der Waals surface area contributed by atoms with E-state index in [-0.39, 0.29) is 24.1 Å². The van der Waals surface area contributed by atoms with Gasteiger partial charge in [-0.3, -0.25) is 9.59 Å². The van der Waals surface area contributed by atoms with Gasteiger partial charge in [0, 0.05) is 12.5 Å². The Bertz CT molecular complexity index is 966. The van der Waals surface area contributed by atoms with Gasteiger partial charge >= 0.3 is 5.97 Å². The second-order valence-corrected chi connectivity index (χ2v) is 7.40. The molecule has 0 saturated heterocycles. The van der Waals surface area contributed by atoms with Crippen molar-refractivity contribution >= 4 is 22.3 Å². The van der Waals surface area contributed by atoms with E-state index >= 15 is 0 Å². The van der Waals surface area contributed by atoms with E-state index in [0.717, 1.165) is 29.8 Å². The molecule has 0 spiro atoms. The fourth-order valence-corrected chi connectivity index (χ4v) is 3.83. The Kier molecular flexibility index (Phi) is 6.34. The molecule has 2 aromatic heterocycles. The third-order valence-corrected chi connectivity index (χ3v) is 5.31. The maximum atomic E-state index is 12.5. The van der Waals surface area contributed by atoms with Crippen molar-refractivity contribution in [2.45, 2.75) is 52.1 Å². The van der Waals surface area contributed by atoms with Gasteiger partial charge in [0.2, 0.25) is 4.96 Å². The molecular weight excluding hydrogens is 362 g/mol. The minimum atomic E-state index is -0.319. The average Bonchev–Trinajstić information content (AvgIpc) is 3.10. The van der Waals surface area contributed by atoms with Gasteiger partial charge in [-0.25, -0.2) is 4.98 Å². The summed E-state index contributed by atoms with van der Waals surface area (Å²) in [5.74, 6) is -0.626. The zero-order valence-corrected chi connectivity index (χ0v) is 16.4. The summed E-state index contributed by atoms with van der Waals surface area (Å²) in [5, 5.41) is 5.21. The summed E-state index contributed by atoms with van der Waals surface area (Å²) in [7, 11) is 0. The standard InChI is InChI=1S/C20H23N3O3S/c1-3-5-11-17-22-23-18(24)12-15(21-20(23)27-17)13-26-19(25)16(4-2)14-9-7-6-8-10-14/h6-10,12,16H,3-5,11,13H2,1-2H3/t16-/m1/s1. The van der Waals surface area contributed by atoms with Crippen molar-refractivity contribution < 1.29 is 9.53 Å². The van der Waals surface area contributed by atoms with Crippen molar-refractivity contribution in [3.05, 3.63) is 63.0 Å². The normalized spacial score (nSPS) is 12.2. The summed E-state index contributed by atoms with van der Waals surface area (Å²) in [6, 6.07) is 10.9. The van der Waals surface area contributed by atoms with E-state index in [1.54, 1.807) is 0 Å². The molecule has 0 amide bonds. The zero-order valence-electron chi connectivity index (χ0n) is 15.6. The first-order valence-electron chi connectivity index (χ1n) is 9.22. The number of esters is 1. The largest absolute Gasteiger partial charge is 0.459 e. The number of nitrogens with zero attached hydrogens (tertiary/aromatic N) is 3. The number of aryl methyl sites for hydroxylation is 1. The van der Waals surface area contributed by atoms with Crippen LogP contribution in [0.25, 0.3) is 4.96 Å². The second kappa shape index (κ2) is 8.90. The number of ether oxygens (including phenoxy) is 1. The Hall–Kier alpha value is -2.54. The molecule has 0 fully saturated rings. The molecule has 6 nitrogen and oxygen atoms in total. The fraction of sp³-hybridized carbons (Fsp3) is 0.400. The van der Waals surface area contributed by atoms with Crippen LogP contribution in [0.4, 0.5) is 0 Å². The van der Waals surface area contributed by atoms with Crippen molar-refractivity contribution in [2.75, 3.05) is 0 Å². The summed E-state index contributed by atoms with van der Waals surface area (Å²) in [6.07, 6.45) is 3.58. The molecule has 0 saturated carbocycles. The van der Waals surface area contributed by atoms with Crippen molar-refractivity contribution in [1.82, 2.24) is 14.6 Å². The number of aromatic nitrogens is 3. The third kappa shape index (κ3) is 4.60. The molecule has 1 aromatic carbocycles. The van der Waals surface area contributed by atoms with Gasteiger partial charge in [0.25, 0.3) is 5.56 Å². The van der Waals surface area contributed by atoms with Crippen LogP contribution in [0.2, 0.25) is 0 Å². The molecule has 0 radical (unpaired) electrons. The van der Waals surface area contributed by atoms with Crippen molar-refractivity contribution in [3.8, 4) is 0 Å². The number of rotatable bonds is 8. The van der Waals surface area contributed by atoms with Crippen LogP contribution >= 0.6 is 11.3 Å². The van der Waals surface area contributed by atoms with Crippen LogP contribution < -0.4 is 5.56 Å². The van der Waals surface area contributed by atoms with Gasteiger partial charge in [-0.15, -0.1) is 0 Å². The molecule has 2 heterocycles. The number of benzene rings is 1. The second-order valence-electron chi connectivity index (χ2n) is 6.36. The first-order valence-corrected chi connectivity index (χ1v) is 10.0. The topological polar surface area (TPSA) is 73.6 Å². The highest BCUT2D eigenvalue weighted by molar-refractivity contribution is 7.16. The predicted molar refractivity (Wildman–Crippen MR) is 105 cm³/mol. The highest BCUT2D eigenvalue weighted by atomic mass is 32.1. The van der Waals surface area contributed by atoms with E-state index < -0.39 is 0 Å². The van der Waals surface area contributed by atoms with Gasteiger partial charge in [0.15, 0.2) is 0 Å². The highest BCUT2D eigenvalue weighted by Gasteiger charge is 2.20. The minimum absolute atomic E-state index is 0.0178. The lowest BCUT2D eigenvalue weighted by molar-refractivity contribution is -0.147. The monoisotopic (exact) mass is 385 g/mol. The average molecular weight is 385 g/mol. The SMILES string of the molecule is CCCCc1nn2c(=O)cc(COC(=O)[C@H](CC)c3ccccc3)nc2s1. The van der Waals surface area contributed by atoms with Crippen LogP contribution in [-0.4, -0.2) is 20.6 Å². The molecule has 0 aliphatic rings. The van der Waals surface area contributed by atoms with Crippen molar-refractivity contribution in [1.29, 1.82) is 0 Å². The zero-order chi connectivity index (χ0) is 19.2. The molecular formula is C20H23N3O3S. The molecule has 27 heavy (non-hydrogen) atoms. The number of unbranched alkanes of at least 4 members (excludes halogenated alkanes) is 1. The Balaban J connectivity index is 1.72. The lowest BCUT2D eigenvalue weighted by atomic mass is 9.97. The number of hydrogen-bond donors (Lipinski definition) is 0. The molecule has 3 aromatic rings. The van der Waals surface area contributed by atoms with Crippen LogP contribution in [0.5, 0.6) is 0 Å². The van der Waals surface area contributed by atoms with Crippen molar-refractivity contribution in [2.24, 2.45) is 0 Å². The quantitative estimate of drug-likeness (QED) is 0.553. The Morgan fingerprint density at radius 3 is 2.74 bits per heavy atom. The van der Waals surface area contributed by atoms with Gasteiger partial charge in [0.05, 0.1) is 11.6 Å². The van der Waals surface area contributed by atoms with E-state index in [4.69, 9.17) is 4.74 Å². The molecule has 1 atom stereocenters. The summed E-state index contributed by atoms with van der Waals surface area (Å²) in [6.45, 7) is 4.05. The highest BCUT2D eigenvalue weighted by Crippen LogP contribution is 2.21. The molecule has 0 aliphatic heterocycles. The molecule has 7 heteroatoms. The molecule has 0 bridgehead atoms. The predicted octanol–water partition coefficient (Wildman–Crippen LogP) is 3.73. The molecule has 0 aliphatic carbocycles. The van der Waals surface area contributed by atoms with E-state index in [0.29, 0.717) is 17.1 Å². The summed E-state index contributed by atoms with van der Waals surface area (Å²) >= 11 is 1.41. The number of fused-ring (bicyclic) bond motifs is 1. The fourth-order valence-electron chi connectivity index (χ4n) is 2.87. The number of carbonyl (C=O) groups excluding carboxylic acids is 1. The van der Waals surface area contributed by atoms with Gasteiger partial charge < -0.3 is 4.74 Å². The maximum absolute atomic E-state index is 12.5. The summed E-state index contributed by atoms with van der Waals surface area (Å²) in [5.41, 5.74) is 1.12. The first kappa shape index (κ1) is 19.2. The Morgan fingerprint density at radius 1 is 1.26 bits per heavy atom. The lowest BCUT2D eigenvalue weighted by Gasteiger charge is -2.14. The Morgan fingerprint density at radius 2 is 2.04 bits per heavy atom. The van der Waals surface area contributed by atoms with E-state index in [2.05, 4.69) is 17.0 Å². The number of carbonyl (C=O) groups is 1. The smallest absolute Gasteiger partial charge is 0.313 e. The molecule has 0 unspecified atom stereocenters. The molecule has 142 valence electrons. The van der Waals surface area contributed by atoms with Crippen LogP contribution in [0.15, 0.2) is 41.2 Å².